The number of carbonyl (C=O) groups excluding carboxylic acids is 1. The summed E-state index contributed by atoms with van der Waals surface area (Å²) in [4.78, 5) is 12.1. The summed E-state index contributed by atoms with van der Waals surface area (Å²) >= 11 is 0. The Labute approximate surface area is 108 Å². The second kappa shape index (κ2) is 5.96. The van der Waals surface area contributed by atoms with Gasteiger partial charge in [-0.25, -0.2) is 4.39 Å². The highest BCUT2D eigenvalue weighted by Gasteiger charge is 2.30. The molecule has 0 aliphatic carbocycles. The van der Waals surface area contributed by atoms with Crippen LogP contribution in [0.15, 0.2) is 24.3 Å². The van der Waals surface area contributed by atoms with Crippen molar-refractivity contribution < 1.29 is 9.18 Å². The lowest BCUT2D eigenvalue weighted by molar-refractivity contribution is -0.127. The molecule has 1 rings (SSSR count). The Hall–Kier alpha value is -1.42. The van der Waals surface area contributed by atoms with Gasteiger partial charge < -0.3 is 11.1 Å². The van der Waals surface area contributed by atoms with Crippen LogP contribution in [0, 0.1) is 5.82 Å². The van der Waals surface area contributed by atoms with Crippen LogP contribution in [0.1, 0.15) is 45.2 Å². The quantitative estimate of drug-likeness (QED) is 0.846. The second-order valence-corrected chi connectivity index (χ2v) is 4.61. The van der Waals surface area contributed by atoms with Crippen molar-refractivity contribution in [2.24, 2.45) is 5.73 Å². The van der Waals surface area contributed by atoms with Crippen LogP contribution in [0.3, 0.4) is 0 Å². The Balaban J connectivity index is 2.73. The van der Waals surface area contributed by atoms with Gasteiger partial charge in [-0.15, -0.1) is 0 Å². The Morgan fingerprint density at radius 2 is 1.83 bits per heavy atom. The van der Waals surface area contributed by atoms with Crippen molar-refractivity contribution in [3.63, 3.8) is 0 Å². The molecular formula is C14H21FN2O. The molecule has 0 aliphatic rings. The summed E-state index contributed by atoms with van der Waals surface area (Å²) < 4.78 is 12.8. The van der Waals surface area contributed by atoms with Crippen molar-refractivity contribution in [3.05, 3.63) is 35.6 Å². The van der Waals surface area contributed by atoms with Gasteiger partial charge in [-0.2, -0.15) is 0 Å². The lowest BCUT2D eigenvalue weighted by Crippen LogP contribution is -2.53. The molecule has 0 saturated carbocycles. The van der Waals surface area contributed by atoms with Crippen LogP contribution in [0.2, 0.25) is 0 Å². The molecule has 3 N–H and O–H groups in total. The molecule has 0 unspecified atom stereocenters. The number of benzene rings is 1. The third-order valence-corrected chi connectivity index (χ3v) is 3.43. The van der Waals surface area contributed by atoms with E-state index < -0.39 is 5.54 Å². The fraction of sp³-hybridized carbons (Fsp3) is 0.500. The van der Waals surface area contributed by atoms with E-state index in [1.165, 1.54) is 12.1 Å². The van der Waals surface area contributed by atoms with E-state index in [4.69, 9.17) is 5.73 Å². The molecule has 0 heterocycles. The number of hydrogen-bond donors (Lipinski definition) is 2. The van der Waals surface area contributed by atoms with Crippen LogP contribution in [-0.4, -0.2) is 11.4 Å². The normalized spacial score (nSPS) is 13.2. The predicted molar refractivity (Wildman–Crippen MR) is 70.5 cm³/mol. The summed E-state index contributed by atoms with van der Waals surface area (Å²) in [6.45, 7) is 5.65. The highest BCUT2D eigenvalue weighted by molar-refractivity contribution is 5.86. The minimum absolute atomic E-state index is 0.163. The molecule has 1 aromatic carbocycles. The number of carbonyl (C=O) groups is 1. The van der Waals surface area contributed by atoms with Gasteiger partial charge in [0, 0.05) is 0 Å². The first-order valence-electron chi connectivity index (χ1n) is 6.28. The lowest BCUT2D eigenvalue weighted by atomic mass is 9.92. The van der Waals surface area contributed by atoms with Gasteiger partial charge in [0.15, 0.2) is 0 Å². The van der Waals surface area contributed by atoms with Crippen LogP contribution in [-0.2, 0) is 4.79 Å². The molecule has 0 saturated heterocycles. The molecule has 3 nitrogen and oxygen atoms in total. The van der Waals surface area contributed by atoms with Crippen molar-refractivity contribution in [1.82, 2.24) is 5.32 Å². The number of hydrogen-bond acceptors (Lipinski definition) is 2. The molecule has 0 aromatic heterocycles. The number of halogens is 1. The predicted octanol–water partition coefficient (Wildman–Crippen LogP) is 2.52. The van der Waals surface area contributed by atoms with Crippen molar-refractivity contribution in [3.8, 4) is 0 Å². The second-order valence-electron chi connectivity index (χ2n) is 4.61. The Kier molecular flexibility index (Phi) is 4.84. The molecule has 4 heteroatoms. The standard InChI is InChI=1S/C14H21FN2O/c1-4-14(16,5-2)13(18)17-10(3)11-6-8-12(15)9-7-11/h6-10H,4-5,16H2,1-3H3,(H,17,18)/t10-/m0/s1. The van der Waals surface area contributed by atoms with Crippen LogP contribution in [0.4, 0.5) is 4.39 Å². The monoisotopic (exact) mass is 252 g/mol. The molecule has 0 fully saturated rings. The van der Waals surface area contributed by atoms with Gasteiger partial charge in [0.25, 0.3) is 0 Å². The Morgan fingerprint density at radius 1 is 1.33 bits per heavy atom. The smallest absolute Gasteiger partial charge is 0.240 e. The van der Waals surface area contributed by atoms with Crippen molar-refractivity contribution in [1.29, 1.82) is 0 Å². The molecule has 1 aromatic rings. The molecule has 0 radical (unpaired) electrons. The fourth-order valence-electron chi connectivity index (χ4n) is 1.75. The van der Waals surface area contributed by atoms with Crippen LogP contribution in [0.25, 0.3) is 0 Å². The Morgan fingerprint density at radius 3 is 2.28 bits per heavy atom. The van der Waals surface area contributed by atoms with Gasteiger partial charge >= 0.3 is 0 Å². The Bertz CT molecular complexity index is 399. The van der Waals surface area contributed by atoms with Gasteiger partial charge in [0.1, 0.15) is 5.82 Å². The maximum Gasteiger partial charge on any atom is 0.240 e. The summed E-state index contributed by atoms with van der Waals surface area (Å²) in [7, 11) is 0. The van der Waals surface area contributed by atoms with Gasteiger partial charge in [-0.3, -0.25) is 4.79 Å². The largest absolute Gasteiger partial charge is 0.348 e. The summed E-state index contributed by atoms with van der Waals surface area (Å²) in [5, 5.41) is 2.87. The SMILES string of the molecule is CCC(N)(CC)C(=O)N[C@@H](C)c1ccc(F)cc1. The van der Waals surface area contributed by atoms with Crippen molar-refractivity contribution in [2.75, 3.05) is 0 Å². The highest BCUT2D eigenvalue weighted by atomic mass is 19.1. The van der Waals surface area contributed by atoms with E-state index in [1.807, 2.05) is 20.8 Å². The highest BCUT2D eigenvalue weighted by Crippen LogP contribution is 2.16. The zero-order valence-electron chi connectivity index (χ0n) is 11.2. The van der Waals surface area contributed by atoms with Gasteiger partial charge in [0.05, 0.1) is 11.6 Å². The third-order valence-electron chi connectivity index (χ3n) is 3.43. The number of nitrogens with two attached hydrogens (primary N) is 1. The number of amides is 1. The third kappa shape index (κ3) is 3.29. The maximum absolute atomic E-state index is 12.8. The van der Waals surface area contributed by atoms with E-state index in [2.05, 4.69) is 5.32 Å². The molecule has 0 bridgehead atoms. The number of nitrogens with one attached hydrogen (secondary N) is 1. The number of rotatable bonds is 5. The first-order valence-corrected chi connectivity index (χ1v) is 6.28. The van der Waals surface area contributed by atoms with Gasteiger partial charge in [-0.05, 0) is 37.5 Å². The first-order chi connectivity index (χ1) is 8.42. The summed E-state index contributed by atoms with van der Waals surface area (Å²) in [6.07, 6.45) is 1.18. The molecule has 18 heavy (non-hydrogen) atoms. The maximum atomic E-state index is 12.8. The molecular weight excluding hydrogens is 231 g/mol. The zero-order chi connectivity index (χ0) is 13.8. The minimum atomic E-state index is -0.825. The van der Waals surface area contributed by atoms with Gasteiger partial charge in [-0.1, -0.05) is 26.0 Å². The van der Waals surface area contributed by atoms with E-state index >= 15 is 0 Å². The minimum Gasteiger partial charge on any atom is -0.348 e. The van der Waals surface area contributed by atoms with E-state index in [-0.39, 0.29) is 17.8 Å². The average Bonchev–Trinajstić information content (AvgIpc) is 2.38. The molecule has 100 valence electrons. The molecule has 0 spiro atoms. The summed E-state index contributed by atoms with van der Waals surface area (Å²) in [6, 6.07) is 5.91. The lowest BCUT2D eigenvalue weighted by Gasteiger charge is -2.27. The van der Waals surface area contributed by atoms with E-state index in [0.717, 1.165) is 5.56 Å². The molecule has 0 aliphatic heterocycles. The zero-order valence-corrected chi connectivity index (χ0v) is 11.2. The van der Waals surface area contributed by atoms with Crippen LogP contribution < -0.4 is 11.1 Å². The topological polar surface area (TPSA) is 55.1 Å². The van der Waals surface area contributed by atoms with E-state index in [0.29, 0.717) is 12.8 Å². The van der Waals surface area contributed by atoms with E-state index in [1.54, 1.807) is 12.1 Å². The van der Waals surface area contributed by atoms with Crippen LogP contribution in [0.5, 0.6) is 0 Å². The van der Waals surface area contributed by atoms with Crippen molar-refractivity contribution >= 4 is 5.91 Å². The van der Waals surface area contributed by atoms with Crippen LogP contribution >= 0.6 is 0 Å². The van der Waals surface area contributed by atoms with Gasteiger partial charge in [0.2, 0.25) is 5.91 Å². The fourth-order valence-corrected chi connectivity index (χ4v) is 1.75. The average molecular weight is 252 g/mol. The molecule has 1 amide bonds. The first kappa shape index (κ1) is 14.6. The summed E-state index contributed by atoms with van der Waals surface area (Å²) in [5.41, 5.74) is 6.05. The molecule has 1 atom stereocenters. The van der Waals surface area contributed by atoms with E-state index in [9.17, 15) is 9.18 Å². The van der Waals surface area contributed by atoms with Crippen molar-refractivity contribution in [2.45, 2.75) is 45.2 Å². The summed E-state index contributed by atoms with van der Waals surface area (Å²) in [5.74, 6) is -0.447.